The van der Waals surface area contributed by atoms with E-state index in [2.05, 4.69) is 21.8 Å². The summed E-state index contributed by atoms with van der Waals surface area (Å²) in [5.41, 5.74) is 2.24. The number of carboxylic acids is 2. The lowest BCUT2D eigenvalue weighted by molar-refractivity contribution is -0.192. The first-order valence-corrected chi connectivity index (χ1v) is 13.7. The molecule has 1 fully saturated rings. The highest BCUT2D eigenvalue weighted by atomic mass is 32.2. The van der Waals surface area contributed by atoms with Gasteiger partial charge in [0.05, 0.1) is 16.1 Å². The fraction of sp³-hybridized carbons (Fsp3) is 0.296. The van der Waals surface area contributed by atoms with E-state index in [1.54, 1.807) is 12.1 Å². The van der Waals surface area contributed by atoms with Crippen molar-refractivity contribution in [2.45, 2.75) is 37.3 Å². The normalized spacial score (nSPS) is 14.2. The summed E-state index contributed by atoms with van der Waals surface area (Å²) >= 11 is 0. The molecule has 1 saturated heterocycles. The molecule has 0 bridgehead atoms. The van der Waals surface area contributed by atoms with E-state index in [4.69, 9.17) is 9.90 Å². The average molecular weight is 580 g/mol. The summed E-state index contributed by atoms with van der Waals surface area (Å²) in [6.07, 6.45) is -0.909. The van der Waals surface area contributed by atoms with Crippen LogP contribution in [-0.2, 0) is 21.2 Å². The van der Waals surface area contributed by atoms with E-state index in [0.717, 1.165) is 37.9 Å². The number of nitrogens with zero attached hydrogens (tertiary/aromatic N) is 2. The Balaban J connectivity index is 0.000000559. The lowest BCUT2D eigenvalue weighted by atomic mass is 9.90. The second-order valence-corrected chi connectivity index (χ2v) is 10.9. The van der Waals surface area contributed by atoms with Crippen molar-refractivity contribution in [3.63, 3.8) is 0 Å². The lowest BCUT2D eigenvalue weighted by Gasteiger charge is -2.34. The highest BCUT2D eigenvalue weighted by Crippen LogP contribution is 2.31. The Bertz CT molecular complexity index is 1440. The van der Waals surface area contributed by atoms with Crippen LogP contribution in [0.1, 0.15) is 34.3 Å². The van der Waals surface area contributed by atoms with Gasteiger partial charge < -0.3 is 15.1 Å². The standard InChI is InChI=1S/C25H27N3O4S.C2HF3O2/c1-18-6-5-9-22(14-18)33(31,32)27-23-16-21(25(29)30)17-26-24(23)28-12-10-20(11-13-28)15-19-7-3-2-4-8-19;3-2(4,5)1(6)7/h2-9,14,16-17,20,27H,10-13,15H2,1H3,(H,29,30);(H,6,7). The van der Waals surface area contributed by atoms with E-state index >= 15 is 0 Å². The van der Waals surface area contributed by atoms with E-state index in [1.807, 2.05) is 36.1 Å². The maximum Gasteiger partial charge on any atom is 0.490 e. The fourth-order valence-electron chi connectivity index (χ4n) is 4.18. The Labute approximate surface area is 229 Å². The number of aromatic carboxylic acids is 1. The van der Waals surface area contributed by atoms with Crippen LogP contribution in [0.4, 0.5) is 24.7 Å². The first kappa shape index (κ1) is 30.4. The summed E-state index contributed by atoms with van der Waals surface area (Å²) in [5.74, 6) is -2.93. The third kappa shape index (κ3) is 8.43. The van der Waals surface area contributed by atoms with Crippen molar-refractivity contribution >= 4 is 33.5 Å². The molecular formula is C27H28F3N3O6S. The summed E-state index contributed by atoms with van der Waals surface area (Å²) in [6, 6.07) is 18.3. The molecule has 0 saturated carbocycles. The maximum atomic E-state index is 13.0. The van der Waals surface area contributed by atoms with E-state index in [0.29, 0.717) is 11.7 Å². The molecule has 40 heavy (non-hydrogen) atoms. The average Bonchev–Trinajstić information content (AvgIpc) is 2.89. The van der Waals surface area contributed by atoms with Crippen LogP contribution in [0, 0.1) is 12.8 Å². The van der Waals surface area contributed by atoms with Gasteiger partial charge in [-0.1, -0.05) is 42.5 Å². The highest BCUT2D eigenvalue weighted by molar-refractivity contribution is 7.92. The molecule has 3 aromatic rings. The Hall–Kier alpha value is -4.13. The molecule has 1 aliphatic rings. The number of hydrogen-bond acceptors (Lipinski definition) is 6. The quantitative estimate of drug-likeness (QED) is 0.357. The number of carbonyl (C=O) groups is 2. The zero-order valence-electron chi connectivity index (χ0n) is 21.4. The second kappa shape index (κ2) is 12.8. The number of halogens is 3. The smallest absolute Gasteiger partial charge is 0.478 e. The predicted molar refractivity (Wildman–Crippen MR) is 142 cm³/mol. The largest absolute Gasteiger partial charge is 0.490 e. The lowest BCUT2D eigenvalue weighted by Crippen LogP contribution is -2.35. The number of sulfonamides is 1. The molecule has 1 aliphatic heterocycles. The van der Waals surface area contributed by atoms with Gasteiger partial charge in [-0.25, -0.2) is 23.0 Å². The summed E-state index contributed by atoms with van der Waals surface area (Å²) in [4.78, 5) is 26.9. The number of rotatable bonds is 7. The number of aromatic nitrogens is 1. The Morgan fingerprint density at radius 2 is 1.65 bits per heavy atom. The number of benzene rings is 2. The monoisotopic (exact) mass is 579 g/mol. The molecule has 13 heteroatoms. The van der Waals surface area contributed by atoms with Crippen LogP contribution in [0.3, 0.4) is 0 Å². The number of aryl methyl sites for hydroxylation is 1. The minimum absolute atomic E-state index is 0.0698. The van der Waals surface area contributed by atoms with Crippen molar-refractivity contribution in [2.75, 3.05) is 22.7 Å². The molecule has 2 aromatic carbocycles. The van der Waals surface area contributed by atoms with Crippen LogP contribution < -0.4 is 9.62 Å². The third-order valence-corrected chi connectivity index (χ3v) is 7.54. The van der Waals surface area contributed by atoms with Crippen LogP contribution >= 0.6 is 0 Å². The third-order valence-electron chi connectivity index (χ3n) is 6.18. The second-order valence-electron chi connectivity index (χ2n) is 9.25. The Morgan fingerprint density at radius 1 is 1.02 bits per heavy atom. The van der Waals surface area contributed by atoms with Crippen molar-refractivity contribution in [1.29, 1.82) is 0 Å². The van der Waals surface area contributed by atoms with Gasteiger partial charge in [0, 0.05) is 19.3 Å². The molecule has 0 spiro atoms. The summed E-state index contributed by atoms with van der Waals surface area (Å²) in [6.45, 7) is 3.25. The number of anilines is 2. The zero-order chi connectivity index (χ0) is 29.5. The molecular weight excluding hydrogens is 551 g/mol. The van der Waals surface area contributed by atoms with Gasteiger partial charge in [-0.05, 0) is 61.4 Å². The van der Waals surface area contributed by atoms with Gasteiger partial charge in [-0.3, -0.25) is 4.72 Å². The van der Waals surface area contributed by atoms with Crippen molar-refractivity contribution in [3.05, 3.63) is 83.6 Å². The number of alkyl halides is 3. The molecule has 9 nitrogen and oxygen atoms in total. The van der Waals surface area contributed by atoms with E-state index < -0.39 is 28.1 Å². The molecule has 0 amide bonds. The minimum Gasteiger partial charge on any atom is -0.478 e. The van der Waals surface area contributed by atoms with Gasteiger partial charge in [0.15, 0.2) is 5.82 Å². The van der Waals surface area contributed by atoms with Gasteiger partial charge >= 0.3 is 18.1 Å². The summed E-state index contributed by atoms with van der Waals surface area (Å²) in [5, 5.41) is 16.5. The van der Waals surface area contributed by atoms with Crippen molar-refractivity contribution in [1.82, 2.24) is 4.98 Å². The van der Waals surface area contributed by atoms with Crippen LogP contribution in [-0.4, -0.2) is 54.8 Å². The van der Waals surface area contributed by atoms with Crippen molar-refractivity contribution in [3.8, 4) is 0 Å². The number of nitrogens with one attached hydrogen (secondary N) is 1. The SMILES string of the molecule is Cc1cccc(S(=O)(=O)Nc2cc(C(=O)O)cnc2N2CCC(Cc3ccccc3)CC2)c1.O=C(O)C(F)(F)F. The Kier molecular flexibility index (Phi) is 9.74. The molecule has 214 valence electrons. The maximum absolute atomic E-state index is 13.0. The molecule has 4 rings (SSSR count). The number of carboxylic acid groups (broad SMARTS) is 2. The first-order valence-electron chi connectivity index (χ1n) is 12.2. The fourth-order valence-corrected chi connectivity index (χ4v) is 5.34. The van der Waals surface area contributed by atoms with Gasteiger partial charge in [-0.2, -0.15) is 13.2 Å². The zero-order valence-corrected chi connectivity index (χ0v) is 22.2. The number of hydrogen-bond donors (Lipinski definition) is 3. The van der Waals surface area contributed by atoms with Gasteiger partial charge in [0.2, 0.25) is 0 Å². The van der Waals surface area contributed by atoms with Crippen LogP contribution in [0.2, 0.25) is 0 Å². The van der Waals surface area contributed by atoms with E-state index in [-0.39, 0.29) is 16.1 Å². The van der Waals surface area contributed by atoms with Gasteiger partial charge in [-0.15, -0.1) is 0 Å². The van der Waals surface area contributed by atoms with E-state index in [1.165, 1.54) is 23.9 Å². The minimum atomic E-state index is -5.08. The Morgan fingerprint density at radius 3 is 2.20 bits per heavy atom. The predicted octanol–water partition coefficient (Wildman–Crippen LogP) is 4.98. The van der Waals surface area contributed by atoms with Crippen LogP contribution in [0.5, 0.6) is 0 Å². The molecule has 1 aromatic heterocycles. The van der Waals surface area contributed by atoms with Crippen LogP contribution in [0.25, 0.3) is 0 Å². The molecule has 0 aliphatic carbocycles. The number of aliphatic carboxylic acids is 1. The number of pyridine rings is 1. The first-order chi connectivity index (χ1) is 18.8. The van der Waals surface area contributed by atoms with E-state index in [9.17, 15) is 31.5 Å². The number of piperidine rings is 1. The molecule has 2 heterocycles. The van der Waals surface area contributed by atoms with Gasteiger partial charge in [0.25, 0.3) is 10.0 Å². The van der Waals surface area contributed by atoms with Crippen LogP contribution in [0.15, 0.2) is 71.8 Å². The molecule has 3 N–H and O–H groups in total. The van der Waals surface area contributed by atoms with Gasteiger partial charge in [0.1, 0.15) is 0 Å². The summed E-state index contributed by atoms with van der Waals surface area (Å²) < 4.78 is 60.4. The molecule has 0 unspecified atom stereocenters. The molecule has 0 atom stereocenters. The van der Waals surface area contributed by atoms with Crippen molar-refractivity contribution in [2.24, 2.45) is 5.92 Å². The van der Waals surface area contributed by atoms with Crippen molar-refractivity contribution < 1.29 is 41.4 Å². The summed E-state index contributed by atoms with van der Waals surface area (Å²) in [7, 11) is -3.90. The molecule has 0 radical (unpaired) electrons. The topological polar surface area (TPSA) is 137 Å². The highest BCUT2D eigenvalue weighted by Gasteiger charge is 2.38.